The number of rotatable bonds is 12. The molecule has 0 N–H and O–H groups in total. The van der Waals surface area contributed by atoms with Gasteiger partial charge in [-0.15, -0.1) is 0 Å². The molecular weight excluding hydrogens is 1330 g/mol. The van der Waals surface area contributed by atoms with Crippen molar-refractivity contribution in [2.24, 2.45) is 0 Å². The topological polar surface area (TPSA) is 38.7 Å². The smallest absolute Gasteiger partial charge is 0.0731 e. The van der Waals surface area contributed by atoms with Crippen LogP contribution in [0.25, 0.3) is 145 Å². The van der Waals surface area contributed by atoms with Crippen molar-refractivity contribution >= 4 is 0 Å². The summed E-state index contributed by atoms with van der Waals surface area (Å²) in [6, 6.07) is 152. The number of nitrogens with zero attached hydrogens (tertiary/aromatic N) is 3. The van der Waals surface area contributed by atoms with Gasteiger partial charge in [-0.1, -0.05) is 370 Å². The van der Waals surface area contributed by atoms with Crippen molar-refractivity contribution in [2.45, 2.75) is 10.8 Å². The van der Waals surface area contributed by atoms with Crippen molar-refractivity contribution in [2.75, 3.05) is 0 Å². The van der Waals surface area contributed by atoms with E-state index in [0.717, 1.165) is 67.3 Å². The normalized spacial score (nSPS) is 12.7. The van der Waals surface area contributed by atoms with Gasteiger partial charge in [0.1, 0.15) is 0 Å². The van der Waals surface area contributed by atoms with E-state index in [9.17, 15) is 0 Å². The highest BCUT2D eigenvalue weighted by Crippen LogP contribution is 2.63. The Kier molecular flexibility index (Phi) is 16.4. The molecule has 15 aromatic carbocycles. The van der Waals surface area contributed by atoms with E-state index >= 15 is 0 Å². The number of hydrogen-bond donors (Lipinski definition) is 0. The molecule has 21 rings (SSSR count). The molecule has 0 bridgehead atoms. The van der Waals surface area contributed by atoms with Crippen LogP contribution in [0.2, 0.25) is 0 Å². The Bertz CT molecular complexity index is 6050. The minimum atomic E-state index is -0.399. The number of aromatic nitrogens is 3. The summed E-state index contributed by atoms with van der Waals surface area (Å²) >= 11 is 0. The Morgan fingerprint density at radius 3 is 0.773 bits per heavy atom. The zero-order chi connectivity index (χ0) is 73.0. The lowest BCUT2D eigenvalue weighted by Crippen LogP contribution is -2.28. The van der Waals surface area contributed by atoms with Crippen LogP contribution in [0.3, 0.4) is 0 Å². The minimum absolute atomic E-state index is 0.321. The van der Waals surface area contributed by atoms with Gasteiger partial charge in [0, 0.05) is 34.6 Å². The lowest BCUT2D eigenvalue weighted by molar-refractivity contribution is 0.768. The van der Waals surface area contributed by atoms with E-state index in [2.05, 4.69) is 411 Å². The first kappa shape index (κ1) is 65.3. The average molecular weight is 1400 g/mol. The van der Waals surface area contributed by atoms with Gasteiger partial charge in [0.25, 0.3) is 0 Å². The SMILES string of the molecule is c1ccc(-c2ccc(-c3cc(-c4ccc(-c5ccc6c(c5)-c5ccccc5C6(c5ccccc5)c5ccccc5)cc4)cc(-c4cccnc4)n3)cc2)cc1.c1ccc(-c2ccc(-c3cc(-c4ccc(-c5ccc6c(c5)-c5ccccc5C65c6ccccc6-c6ccccc65)cc4)cc(-c4ccccc4)n3)cc2)cc1. The van der Waals surface area contributed by atoms with Crippen molar-refractivity contribution in [3.8, 4) is 145 Å². The molecule has 18 aromatic rings. The van der Waals surface area contributed by atoms with E-state index in [4.69, 9.17) is 9.97 Å². The second-order valence-corrected chi connectivity index (χ2v) is 28.8. The molecule has 0 saturated heterocycles. The lowest BCUT2D eigenvalue weighted by atomic mass is 9.67. The van der Waals surface area contributed by atoms with E-state index in [1.165, 1.54) is 122 Å². The maximum Gasteiger partial charge on any atom is 0.0731 e. The van der Waals surface area contributed by atoms with Crippen LogP contribution >= 0.6 is 0 Å². The number of pyridine rings is 3. The highest BCUT2D eigenvalue weighted by Gasteiger charge is 2.52. The summed E-state index contributed by atoms with van der Waals surface area (Å²) in [5.74, 6) is 0. The summed E-state index contributed by atoms with van der Waals surface area (Å²) in [5, 5.41) is 0. The lowest BCUT2D eigenvalue weighted by Gasteiger charge is -2.33. The van der Waals surface area contributed by atoms with Crippen LogP contribution in [-0.2, 0) is 10.8 Å². The molecule has 0 amide bonds. The monoisotopic (exact) mass is 1400 g/mol. The fourth-order valence-electron chi connectivity index (χ4n) is 17.7. The summed E-state index contributed by atoms with van der Waals surface area (Å²) in [6.45, 7) is 0. The summed E-state index contributed by atoms with van der Waals surface area (Å²) < 4.78 is 0. The number of hydrogen-bond acceptors (Lipinski definition) is 3. The highest BCUT2D eigenvalue weighted by molar-refractivity contribution is 5.97. The molecule has 3 nitrogen and oxygen atoms in total. The molecule has 0 aliphatic heterocycles. The summed E-state index contributed by atoms with van der Waals surface area (Å²) in [5.41, 5.74) is 40.0. The van der Waals surface area contributed by atoms with Crippen molar-refractivity contribution in [3.05, 3.63) is 475 Å². The first-order valence-corrected chi connectivity index (χ1v) is 37.8. The number of fused-ring (bicyclic) bond motifs is 13. The summed E-state index contributed by atoms with van der Waals surface area (Å²) in [6.07, 6.45) is 3.68. The van der Waals surface area contributed by atoms with E-state index in [1.54, 1.807) is 6.20 Å². The predicted molar refractivity (Wildman–Crippen MR) is 454 cm³/mol. The largest absolute Gasteiger partial charge is 0.264 e. The minimum Gasteiger partial charge on any atom is -0.264 e. The predicted octanol–water partition coefficient (Wildman–Crippen LogP) is 26.9. The van der Waals surface area contributed by atoms with Gasteiger partial charge >= 0.3 is 0 Å². The number of benzene rings is 15. The molecule has 0 radical (unpaired) electrons. The second-order valence-electron chi connectivity index (χ2n) is 28.8. The molecule has 3 heterocycles. The van der Waals surface area contributed by atoms with Crippen LogP contribution in [-0.4, -0.2) is 15.0 Å². The third-order valence-corrected chi connectivity index (χ3v) is 22.8. The van der Waals surface area contributed by atoms with Crippen LogP contribution in [0.1, 0.15) is 44.5 Å². The maximum absolute atomic E-state index is 5.18. The van der Waals surface area contributed by atoms with E-state index in [1.807, 2.05) is 18.3 Å². The van der Waals surface area contributed by atoms with Gasteiger partial charge in [-0.2, -0.15) is 0 Å². The summed E-state index contributed by atoms with van der Waals surface area (Å²) in [4.78, 5) is 14.7. The zero-order valence-electron chi connectivity index (χ0n) is 60.3. The fourth-order valence-corrected chi connectivity index (χ4v) is 17.7. The Balaban J connectivity index is 0.000000144. The van der Waals surface area contributed by atoms with Crippen LogP contribution < -0.4 is 0 Å². The van der Waals surface area contributed by atoms with Crippen molar-refractivity contribution < 1.29 is 0 Å². The quantitative estimate of drug-likeness (QED) is 0.122. The van der Waals surface area contributed by atoms with Crippen LogP contribution in [0.5, 0.6) is 0 Å². The molecule has 0 unspecified atom stereocenters. The molecule has 3 aliphatic rings. The maximum atomic E-state index is 5.18. The van der Waals surface area contributed by atoms with Crippen LogP contribution in [0.4, 0.5) is 0 Å². The molecule has 3 aliphatic carbocycles. The third-order valence-electron chi connectivity index (χ3n) is 22.8. The van der Waals surface area contributed by atoms with Gasteiger partial charge < -0.3 is 0 Å². The molecule has 514 valence electrons. The van der Waals surface area contributed by atoms with E-state index in [-0.39, 0.29) is 5.41 Å². The van der Waals surface area contributed by atoms with Gasteiger partial charge in [0.05, 0.1) is 33.6 Å². The first-order chi connectivity index (χ1) is 54.5. The molecule has 1 spiro atoms. The standard InChI is InChI=1S/C54H35N.C53H36N2/c1-3-13-36(14-4-1)37-27-29-41(30-28-37)53-35-43(34-52(55-53)40-15-5-2-6-16-40)39-25-23-38(24-26-39)42-31-32-51-47(33-42)46-19-9-12-22-50(46)54(51)48-20-10-7-17-44(48)45-18-8-11-21-49(45)54;1-4-13-37(14-5-1)38-26-28-41(29-27-38)51-34-44(35-52(55-51)43-15-12-32-54-36-43)40-24-22-39(23-25-40)42-30-31-50-48(33-42)47-20-10-11-21-49(47)53(50,45-16-6-2-7-17-45)46-18-8-3-9-19-46/h1-35H;1-36H. The Labute approximate surface area is 642 Å². The van der Waals surface area contributed by atoms with Crippen molar-refractivity contribution in [3.63, 3.8) is 0 Å². The Hall–Kier alpha value is -14.3. The van der Waals surface area contributed by atoms with Gasteiger partial charge in [-0.3, -0.25) is 4.98 Å². The fraction of sp³-hybridized carbons (Fsp3) is 0.0187. The van der Waals surface area contributed by atoms with Gasteiger partial charge in [-0.05, 0) is 193 Å². The zero-order valence-corrected chi connectivity index (χ0v) is 60.3. The van der Waals surface area contributed by atoms with Crippen molar-refractivity contribution in [1.29, 1.82) is 0 Å². The molecule has 0 saturated carbocycles. The van der Waals surface area contributed by atoms with Gasteiger partial charge in [0.15, 0.2) is 0 Å². The van der Waals surface area contributed by atoms with E-state index < -0.39 is 5.41 Å². The molecule has 110 heavy (non-hydrogen) atoms. The molecule has 0 fully saturated rings. The molecular formula is C107H71N3. The molecule has 3 heteroatoms. The Morgan fingerprint density at radius 2 is 0.400 bits per heavy atom. The van der Waals surface area contributed by atoms with Gasteiger partial charge in [-0.25, -0.2) is 9.97 Å². The summed E-state index contributed by atoms with van der Waals surface area (Å²) in [7, 11) is 0. The third kappa shape index (κ3) is 11.2. The van der Waals surface area contributed by atoms with Crippen molar-refractivity contribution in [1.82, 2.24) is 15.0 Å². The first-order valence-electron chi connectivity index (χ1n) is 37.8. The average Bonchev–Trinajstić information content (AvgIpc) is 1.51. The van der Waals surface area contributed by atoms with Crippen LogP contribution in [0.15, 0.2) is 431 Å². The van der Waals surface area contributed by atoms with Gasteiger partial charge in [0.2, 0.25) is 0 Å². The molecule has 0 atom stereocenters. The Morgan fingerprint density at radius 1 is 0.155 bits per heavy atom. The highest BCUT2D eigenvalue weighted by atomic mass is 14.7. The van der Waals surface area contributed by atoms with Crippen LogP contribution in [0, 0.1) is 0 Å². The molecule has 3 aromatic heterocycles. The second kappa shape index (κ2) is 27.6. The van der Waals surface area contributed by atoms with E-state index in [0.29, 0.717) is 0 Å².